The van der Waals surface area contributed by atoms with Gasteiger partial charge in [0.2, 0.25) is 5.88 Å². The molecule has 2 aromatic rings. The highest BCUT2D eigenvalue weighted by atomic mass is 35.5. The first kappa shape index (κ1) is 14.1. The molecule has 0 N–H and O–H groups in total. The minimum atomic E-state index is 0.372. The van der Waals surface area contributed by atoms with Crippen LogP contribution in [0.5, 0.6) is 11.6 Å². The van der Waals surface area contributed by atoms with Crippen LogP contribution in [-0.2, 0) is 6.42 Å². The Hall–Kier alpha value is -1.32. The Bertz CT molecular complexity index is 588. The molecule has 2 rings (SSSR count). The van der Waals surface area contributed by atoms with Crippen molar-refractivity contribution in [3.05, 3.63) is 45.8 Å². The summed E-state index contributed by atoms with van der Waals surface area (Å²) in [6.45, 7) is 4.03. The molecule has 0 radical (unpaired) electrons. The summed E-state index contributed by atoms with van der Waals surface area (Å²) in [5, 5.41) is 0.920. The molecule has 100 valence electrons. The second kappa shape index (κ2) is 6.22. The molecule has 0 unspecified atom stereocenters. The van der Waals surface area contributed by atoms with Crippen LogP contribution in [0.4, 0.5) is 0 Å². The first-order valence-electron chi connectivity index (χ1n) is 6.06. The van der Waals surface area contributed by atoms with Crippen LogP contribution in [-0.4, -0.2) is 9.97 Å². The van der Waals surface area contributed by atoms with Gasteiger partial charge in [0.15, 0.2) is 0 Å². The van der Waals surface area contributed by atoms with Gasteiger partial charge in [0.1, 0.15) is 16.7 Å². The lowest BCUT2D eigenvalue weighted by molar-refractivity contribution is 0.458. The van der Waals surface area contributed by atoms with E-state index < -0.39 is 0 Å². The van der Waals surface area contributed by atoms with E-state index in [1.165, 1.54) is 0 Å². The highest BCUT2D eigenvalue weighted by Crippen LogP contribution is 2.29. The average Bonchev–Trinajstić information content (AvgIpc) is 2.32. The Morgan fingerprint density at radius 2 is 1.95 bits per heavy atom. The molecule has 1 aromatic carbocycles. The van der Waals surface area contributed by atoms with E-state index in [2.05, 4.69) is 16.9 Å². The fourth-order valence-corrected chi connectivity index (χ4v) is 2.10. The second-order valence-corrected chi connectivity index (χ2v) is 5.03. The van der Waals surface area contributed by atoms with Crippen LogP contribution in [0.1, 0.15) is 24.7 Å². The van der Waals surface area contributed by atoms with Crippen molar-refractivity contribution in [2.75, 3.05) is 0 Å². The topological polar surface area (TPSA) is 35.0 Å². The molecule has 0 atom stereocenters. The maximum absolute atomic E-state index is 6.12. The molecule has 0 spiro atoms. The minimum Gasteiger partial charge on any atom is -0.437 e. The third-order valence-electron chi connectivity index (χ3n) is 2.49. The largest absolute Gasteiger partial charge is 0.437 e. The Kier molecular flexibility index (Phi) is 4.61. The average molecular weight is 297 g/mol. The number of ether oxygens (including phenoxy) is 1. The van der Waals surface area contributed by atoms with Crippen LogP contribution in [0.25, 0.3) is 0 Å². The summed E-state index contributed by atoms with van der Waals surface area (Å²) in [5.74, 6) is 1.65. The first-order valence-corrected chi connectivity index (χ1v) is 6.81. The summed E-state index contributed by atoms with van der Waals surface area (Å²) in [4.78, 5) is 8.45. The van der Waals surface area contributed by atoms with Crippen LogP contribution in [0.15, 0.2) is 24.3 Å². The molecule has 0 aliphatic rings. The van der Waals surface area contributed by atoms with Crippen molar-refractivity contribution in [2.45, 2.75) is 26.7 Å². The second-order valence-electron chi connectivity index (χ2n) is 4.23. The van der Waals surface area contributed by atoms with Gasteiger partial charge in [-0.25, -0.2) is 4.98 Å². The third kappa shape index (κ3) is 3.82. The molecule has 1 heterocycles. The van der Waals surface area contributed by atoms with Gasteiger partial charge in [-0.1, -0.05) is 36.2 Å². The van der Waals surface area contributed by atoms with Crippen LogP contribution < -0.4 is 4.74 Å². The zero-order valence-corrected chi connectivity index (χ0v) is 12.3. The number of benzene rings is 1. The number of rotatable bonds is 4. The van der Waals surface area contributed by atoms with E-state index in [0.717, 1.165) is 18.4 Å². The maximum atomic E-state index is 6.12. The number of halogens is 2. The smallest absolute Gasteiger partial charge is 0.224 e. The number of hydrogen-bond donors (Lipinski definition) is 0. The van der Waals surface area contributed by atoms with Gasteiger partial charge in [-0.05, 0) is 31.0 Å². The third-order valence-corrected chi connectivity index (χ3v) is 2.98. The molecule has 0 aliphatic heterocycles. The predicted octanol–water partition coefficient (Wildman–Crippen LogP) is 4.84. The molecule has 5 heteroatoms. The van der Waals surface area contributed by atoms with Crippen molar-refractivity contribution < 1.29 is 4.74 Å². The van der Waals surface area contributed by atoms with Gasteiger partial charge in [0.05, 0.1) is 5.02 Å². The van der Waals surface area contributed by atoms with Crippen molar-refractivity contribution in [1.29, 1.82) is 0 Å². The molecule has 0 bridgehead atoms. The molecular formula is C14H14Cl2N2O. The highest BCUT2D eigenvalue weighted by Gasteiger charge is 2.07. The van der Waals surface area contributed by atoms with Crippen molar-refractivity contribution in [2.24, 2.45) is 0 Å². The summed E-state index contributed by atoms with van der Waals surface area (Å²) in [6.07, 6.45) is 1.71. The van der Waals surface area contributed by atoms with Gasteiger partial charge in [-0.15, -0.1) is 0 Å². The van der Waals surface area contributed by atoms with Crippen LogP contribution >= 0.6 is 23.2 Å². The van der Waals surface area contributed by atoms with Crippen molar-refractivity contribution in [1.82, 2.24) is 9.97 Å². The standard InChI is InChI=1S/C14H14Cl2N2O/c1-3-4-13-17-12(16)8-14(18-13)19-11-6-5-9(2)7-10(11)15/h5-8H,3-4H2,1-2H3. The number of aromatic nitrogens is 2. The Balaban J connectivity index is 2.27. The summed E-state index contributed by atoms with van der Waals surface area (Å²) in [5.41, 5.74) is 1.07. The first-order chi connectivity index (χ1) is 9.08. The summed E-state index contributed by atoms with van der Waals surface area (Å²) in [7, 11) is 0. The zero-order chi connectivity index (χ0) is 13.8. The Labute approximate surface area is 122 Å². The highest BCUT2D eigenvalue weighted by molar-refractivity contribution is 6.32. The van der Waals surface area contributed by atoms with Crippen LogP contribution in [0.2, 0.25) is 10.2 Å². The van der Waals surface area contributed by atoms with Crippen molar-refractivity contribution in [3.8, 4) is 11.6 Å². The van der Waals surface area contributed by atoms with Crippen LogP contribution in [0, 0.1) is 6.92 Å². The molecule has 0 fully saturated rings. The summed E-state index contributed by atoms with van der Waals surface area (Å²) >= 11 is 12.1. The molecule has 0 saturated heterocycles. The molecule has 3 nitrogen and oxygen atoms in total. The van der Waals surface area contributed by atoms with E-state index in [-0.39, 0.29) is 0 Å². The predicted molar refractivity (Wildman–Crippen MR) is 77.3 cm³/mol. The van der Waals surface area contributed by atoms with Gasteiger partial charge in [-0.2, -0.15) is 4.98 Å². The lowest BCUT2D eigenvalue weighted by atomic mass is 10.2. The van der Waals surface area contributed by atoms with E-state index in [9.17, 15) is 0 Å². The van der Waals surface area contributed by atoms with Crippen molar-refractivity contribution >= 4 is 23.2 Å². The van der Waals surface area contributed by atoms with Crippen LogP contribution in [0.3, 0.4) is 0 Å². The number of aryl methyl sites for hydroxylation is 2. The normalized spacial score (nSPS) is 10.5. The SMILES string of the molecule is CCCc1nc(Cl)cc(Oc2ccc(C)cc2Cl)n1. The quantitative estimate of drug-likeness (QED) is 0.758. The number of hydrogen-bond acceptors (Lipinski definition) is 3. The van der Waals surface area contributed by atoms with Gasteiger partial charge < -0.3 is 4.74 Å². The molecule has 19 heavy (non-hydrogen) atoms. The fourth-order valence-electron chi connectivity index (χ4n) is 1.63. The Morgan fingerprint density at radius 1 is 1.16 bits per heavy atom. The van der Waals surface area contributed by atoms with E-state index >= 15 is 0 Å². The van der Waals surface area contributed by atoms with Gasteiger partial charge in [-0.3, -0.25) is 0 Å². The summed E-state index contributed by atoms with van der Waals surface area (Å²) in [6, 6.07) is 7.16. The summed E-state index contributed by atoms with van der Waals surface area (Å²) < 4.78 is 5.66. The van der Waals surface area contributed by atoms with E-state index in [1.807, 2.05) is 25.1 Å². The lowest BCUT2D eigenvalue weighted by Crippen LogP contribution is -1.98. The molecule has 0 saturated carbocycles. The Morgan fingerprint density at radius 3 is 2.63 bits per heavy atom. The number of nitrogens with zero attached hydrogens (tertiary/aromatic N) is 2. The lowest BCUT2D eigenvalue weighted by Gasteiger charge is -2.08. The molecular weight excluding hydrogens is 283 g/mol. The van der Waals surface area contributed by atoms with Gasteiger partial charge >= 0.3 is 0 Å². The monoisotopic (exact) mass is 296 g/mol. The maximum Gasteiger partial charge on any atom is 0.224 e. The van der Waals surface area contributed by atoms with E-state index in [0.29, 0.717) is 27.6 Å². The molecule has 1 aromatic heterocycles. The minimum absolute atomic E-state index is 0.372. The van der Waals surface area contributed by atoms with E-state index in [4.69, 9.17) is 27.9 Å². The van der Waals surface area contributed by atoms with Gasteiger partial charge in [0, 0.05) is 12.5 Å². The molecule has 0 amide bonds. The van der Waals surface area contributed by atoms with Gasteiger partial charge in [0.25, 0.3) is 0 Å². The zero-order valence-electron chi connectivity index (χ0n) is 10.8. The molecule has 0 aliphatic carbocycles. The fraction of sp³-hybridized carbons (Fsp3) is 0.286. The van der Waals surface area contributed by atoms with Crippen molar-refractivity contribution in [3.63, 3.8) is 0 Å². The van der Waals surface area contributed by atoms with E-state index in [1.54, 1.807) is 6.07 Å².